The molecule has 0 fully saturated rings. The van der Waals surface area contributed by atoms with Crippen LogP contribution in [0.2, 0.25) is 12.6 Å². The van der Waals surface area contributed by atoms with Crippen molar-refractivity contribution in [1.82, 2.24) is 0 Å². The third kappa shape index (κ3) is 5.39. The van der Waals surface area contributed by atoms with E-state index in [0.717, 1.165) is 5.56 Å². The SMILES string of the molecule is C=C(C(=O)OCC[Si](C)(Cl)Cl)c1ccccc1. The Morgan fingerprint density at radius 1 is 1.35 bits per heavy atom. The Kier molecular flexibility index (Phi) is 5.24. The lowest BCUT2D eigenvalue weighted by atomic mass is 10.1. The lowest BCUT2D eigenvalue weighted by Crippen LogP contribution is -2.17. The Morgan fingerprint density at radius 2 is 1.94 bits per heavy atom. The molecule has 0 aromatic heterocycles. The first-order valence-corrected chi connectivity index (χ1v) is 9.92. The van der Waals surface area contributed by atoms with Gasteiger partial charge in [-0.05, 0) is 12.1 Å². The fourth-order valence-electron chi connectivity index (χ4n) is 1.17. The number of ether oxygens (including phenoxy) is 1. The fraction of sp³-hybridized carbons (Fsp3) is 0.250. The van der Waals surface area contributed by atoms with Gasteiger partial charge >= 0.3 is 5.97 Å². The molecule has 0 bridgehead atoms. The van der Waals surface area contributed by atoms with Crippen molar-refractivity contribution in [2.24, 2.45) is 0 Å². The predicted octanol–water partition coefficient (Wildman–Crippen LogP) is 3.79. The van der Waals surface area contributed by atoms with Crippen molar-refractivity contribution in [2.75, 3.05) is 6.61 Å². The van der Waals surface area contributed by atoms with E-state index in [9.17, 15) is 4.79 Å². The van der Waals surface area contributed by atoms with Gasteiger partial charge < -0.3 is 4.74 Å². The van der Waals surface area contributed by atoms with Crippen LogP contribution in [-0.2, 0) is 9.53 Å². The molecule has 17 heavy (non-hydrogen) atoms. The van der Waals surface area contributed by atoms with Gasteiger partial charge in [-0.3, -0.25) is 0 Å². The van der Waals surface area contributed by atoms with Crippen LogP contribution in [0, 0.1) is 0 Å². The van der Waals surface area contributed by atoms with Gasteiger partial charge in [0.15, 0.2) is 0 Å². The normalized spacial score (nSPS) is 11.0. The van der Waals surface area contributed by atoms with Gasteiger partial charge in [0.2, 0.25) is 0 Å². The van der Waals surface area contributed by atoms with E-state index in [-0.39, 0.29) is 6.61 Å². The molecule has 5 heteroatoms. The van der Waals surface area contributed by atoms with Crippen molar-refractivity contribution in [3.05, 3.63) is 42.5 Å². The van der Waals surface area contributed by atoms with Gasteiger partial charge in [-0.2, -0.15) is 0 Å². The van der Waals surface area contributed by atoms with E-state index >= 15 is 0 Å². The highest BCUT2D eigenvalue weighted by Gasteiger charge is 2.21. The smallest absolute Gasteiger partial charge is 0.338 e. The third-order valence-electron chi connectivity index (χ3n) is 2.14. The zero-order chi connectivity index (χ0) is 12.9. The minimum absolute atomic E-state index is 0.237. The Morgan fingerprint density at radius 3 is 2.47 bits per heavy atom. The highest BCUT2D eigenvalue weighted by atomic mass is 35.7. The van der Waals surface area contributed by atoms with Crippen LogP contribution in [0.1, 0.15) is 5.56 Å². The molecule has 0 N–H and O–H groups in total. The van der Waals surface area contributed by atoms with Gasteiger partial charge in [0.25, 0.3) is 6.69 Å². The number of benzene rings is 1. The predicted molar refractivity (Wildman–Crippen MR) is 74.6 cm³/mol. The molecule has 1 aromatic carbocycles. The summed E-state index contributed by atoms with van der Waals surface area (Å²) in [5.74, 6) is -0.428. The van der Waals surface area contributed by atoms with Crippen LogP contribution in [0.4, 0.5) is 0 Å². The Balaban J connectivity index is 2.47. The highest BCUT2D eigenvalue weighted by Crippen LogP contribution is 2.20. The number of esters is 1. The number of hydrogen-bond donors (Lipinski definition) is 0. The summed E-state index contributed by atoms with van der Waals surface area (Å²) in [6.45, 7) is 3.53. The highest BCUT2D eigenvalue weighted by molar-refractivity contribution is 7.44. The van der Waals surface area contributed by atoms with E-state index in [4.69, 9.17) is 26.9 Å². The Labute approximate surface area is 112 Å². The van der Waals surface area contributed by atoms with Crippen LogP contribution in [-0.4, -0.2) is 19.3 Å². The van der Waals surface area contributed by atoms with E-state index in [1.54, 1.807) is 6.55 Å². The third-order valence-corrected chi connectivity index (χ3v) is 4.36. The molecule has 0 aliphatic rings. The zero-order valence-corrected chi connectivity index (χ0v) is 12.1. The van der Waals surface area contributed by atoms with Gasteiger partial charge in [0.05, 0.1) is 12.2 Å². The van der Waals surface area contributed by atoms with E-state index in [1.807, 2.05) is 30.3 Å². The Bertz CT molecular complexity index is 399. The maximum absolute atomic E-state index is 11.6. The lowest BCUT2D eigenvalue weighted by molar-refractivity contribution is -0.136. The summed E-state index contributed by atoms with van der Waals surface area (Å²) >= 11 is 11.8. The molecule has 92 valence electrons. The van der Waals surface area contributed by atoms with Gasteiger partial charge in [0, 0.05) is 6.04 Å². The fourth-order valence-corrected chi connectivity index (χ4v) is 2.09. The van der Waals surface area contributed by atoms with Crippen LogP contribution in [0.5, 0.6) is 0 Å². The van der Waals surface area contributed by atoms with Crippen LogP contribution in [0.25, 0.3) is 5.57 Å². The van der Waals surface area contributed by atoms with E-state index in [2.05, 4.69) is 6.58 Å². The second-order valence-electron chi connectivity index (χ2n) is 3.80. The van der Waals surface area contributed by atoms with Gasteiger partial charge in [-0.15, -0.1) is 22.2 Å². The molecule has 0 aliphatic heterocycles. The first-order valence-electron chi connectivity index (χ1n) is 5.19. The largest absolute Gasteiger partial charge is 0.462 e. The molecule has 0 heterocycles. The molecule has 0 unspecified atom stereocenters. The molecule has 0 spiro atoms. The molecule has 0 atom stereocenters. The molecule has 0 aliphatic carbocycles. The number of hydrogen-bond acceptors (Lipinski definition) is 2. The maximum atomic E-state index is 11.6. The van der Waals surface area contributed by atoms with Crippen molar-refractivity contribution in [2.45, 2.75) is 12.6 Å². The summed E-state index contributed by atoms with van der Waals surface area (Å²) in [7, 11) is 0. The second-order valence-corrected chi connectivity index (χ2v) is 12.0. The molecule has 1 rings (SSSR count). The van der Waals surface area contributed by atoms with Gasteiger partial charge in [-0.1, -0.05) is 36.9 Å². The van der Waals surface area contributed by atoms with Crippen molar-refractivity contribution in [1.29, 1.82) is 0 Å². The molecule has 0 saturated heterocycles. The first kappa shape index (κ1) is 14.3. The molecule has 0 amide bonds. The number of halogens is 2. The topological polar surface area (TPSA) is 26.3 Å². The molecule has 0 saturated carbocycles. The molecule has 1 aromatic rings. The zero-order valence-electron chi connectivity index (χ0n) is 9.58. The van der Waals surface area contributed by atoms with Gasteiger partial charge in [0.1, 0.15) is 0 Å². The second kappa shape index (κ2) is 6.24. The summed E-state index contributed by atoms with van der Waals surface area (Å²) in [4.78, 5) is 11.6. The minimum atomic E-state index is -2.20. The van der Waals surface area contributed by atoms with Crippen LogP contribution < -0.4 is 0 Å². The average Bonchev–Trinajstić information content (AvgIpc) is 2.27. The molecular weight excluding hydrogens is 275 g/mol. The Hall–Kier alpha value is -0.773. The van der Waals surface area contributed by atoms with E-state index in [1.165, 1.54) is 0 Å². The van der Waals surface area contributed by atoms with Crippen molar-refractivity contribution in [3.63, 3.8) is 0 Å². The summed E-state index contributed by atoms with van der Waals surface area (Å²) in [5, 5.41) is 0. The van der Waals surface area contributed by atoms with E-state index in [0.29, 0.717) is 11.6 Å². The standard InChI is InChI=1S/C12H14Cl2O2Si/c1-10(11-6-4-3-5-7-11)12(15)16-8-9-17(2,13)14/h3-7H,1,8-9H2,2H3. The van der Waals surface area contributed by atoms with Crippen molar-refractivity contribution >= 4 is 40.4 Å². The van der Waals surface area contributed by atoms with Crippen LogP contribution >= 0.6 is 22.2 Å². The van der Waals surface area contributed by atoms with Gasteiger partial charge in [-0.25, -0.2) is 4.79 Å². The number of rotatable bonds is 5. The van der Waals surface area contributed by atoms with Crippen molar-refractivity contribution < 1.29 is 9.53 Å². The summed E-state index contributed by atoms with van der Waals surface area (Å²) in [5.41, 5.74) is 1.10. The first-order chi connectivity index (χ1) is 7.90. The van der Waals surface area contributed by atoms with E-state index < -0.39 is 12.7 Å². The quantitative estimate of drug-likeness (QED) is 0.357. The monoisotopic (exact) mass is 288 g/mol. The summed E-state index contributed by atoms with van der Waals surface area (Å²) < 4.78 is 5.06. The number of carbonyl (C=O) groups is 1. The molecule has 2 nitrogen and oxygen atoms in total. The lowest BCUT2D eigenvalue weighted by Gasteiger charge is -2.11. The molecular formula is C12H14Cl2O2Si. The summed E-state index contributed by atoms with van der Waals surface area (Å²) in [6.07, 6.45) is 0. The maximum Gasteiger partial charge on any atom is 0.338 e. The van der Waals surface area contributed by atoms with Crippen LogP contribution in [0.15, 0.2) is 36.9 Å². The minimum Gasteiger partial charge on any atom is -0.462 e. The summed E-state index contributed by atoms with van der Waals surface area (Å²) in [6, 6.07) is 9.70. The van der Waals surface area contributed by atoms with Crippen LogP contribution in [0.3, 0.4) is 0 Å². The number of carbonyl (C=O) groups excluding carboxylic acids is 1. The van der Waals surface area contributed by atoms with Crippen molar-refractivity contribution in [3.8, 4) is 0 Å². The molecule has 0 radical (unpaired) electrons. The average molecular weight is 289 g/mol.